The summed E-state index contributed by atoms with van der Waals surface area (Å²) in [6.07, 6.45) is 2.35. The quantitative estimate of drug-likeness (QED) is 0.631. The zero-order valence-corrected chi connectivity index (χ0v) is 9.39. The van der Waals surface area contributed by atoms with Crippen LogP contribution in [0, 0.1) is 22.0 Å². The number of fused-ring (bicyclic) bond motifs is 1. The summed E-state index contributed by atoms with van der Waals surface area (Å²) >= 11 is 0. The molecule has 1 N–H and O–H groups in total. The van der Waals surface area contributed by atoms with Gasteiger partial charge in [-0.2, -0.15) is 0 Å². The van der Waals surface area contributed by atoms with Crippen LogP contribution >= 0.6 is 0 Å². The molecular weight excluding hydrogens is 238 g/mol. The first-order chi connectivity index (χ1) is 8.59. The Hall–Kier alpha value is -2.18. The Labute approximate surface area is 102 Å². The third-order valence-electron chi connectivity index (χ3n) is 3.64. The van der Waals surface area contributed by atoms with E-state index in [-0.39, 0.29) is 17.4 Å². The highest BCUT2D eigenvalue weighted by Crippen LogP contribution is 2.51. The number of piperidine rings is 1. The van der Waals surface area contributed by atoms with Gasteiger partial charge in [0.25, 0.3) is 0 Å². The van der Waals surface area contributed by atoms with Crippen molar-refractivity contribution in [1.29, 1.82) is 0 Å². The summed E-state index contributed by atoms with van der Waals surface area (Å²) < 4.78 is 0. The first-order valence-electron chi connectivity index (χ1n) is 5.68. The minimum absolute atomic E-state index is 0.115. The van der Waals surface area contributed by atoms with Crippen molar-refractivity contribution < 1.29 is 14.8 Å². The molecule has 1 saturated carbocycles. The van der Waals surface area contributed by atoms with E-state index in [4.69, 9.17) is 0 Å². The molecule has 0 radical (unpaired) electrons. The van der Waals surface area contributed by atoms with Crippen molar-refractivity contribution in [2.24, 2.45) is 11.8 Å². The van der Waals surface area contributed by atoms with E-state index in [1.54, 1.807) is 4.90 Å². The molecule has 0 amide bonds. The van der Waals surface area contributed by atoms with Gasteiger partial charge in [-0.3, -0.25) is 10.1 Å². The predicted octanol–water partition coefficient (Wildman–Crippen LogP) is 0.899. The van der Waals surface area contributed by atoms with E-state index < -0.39 is 16.9 Å². The molecule has 7 heteroatoms. The standard InChI is InChI=1S/C11H11N3O4/c15-11(16)9-7-4-6(7)5-13(9)10-8(14(17)18)2-1-3-12-10/h1-3,6-7,9H,4-5H2,(H,15,16)/t6-,7-,9+/m0/s1. The average Bonchev–Trinajstić information content (AvgIpc) is 2.99. The number of rotatable bonds is 3. The van der Waals surface area contributed by atoms with Crippen molar-refractivity contribution in [2.45, 2.75) is 12.5 Å². The van der Waals surface area contributed by atoms with Crippen LogP contribution in [0.2, 0.25) is 0 Å². The minimum atomic E-state index is -0.931. The number of aromatic nitrogens is 1. The molecule has 2 heterocycles. The number of nitro groups is 1. The lowest BCUT2D eigenvalue weighted by Gasteiger charge is -2.24. The number of anilines is 1. The maximum atomic E-state index is 11.3. The molecule has 0 aromatic carbocycles. The highest BCUT2D eigenvalue weighted by atomic mass is 16.6. The van der Waals surface area contributed by atoms with Crippen LogP contribution in [0.1, 0.15) is 6.42 Å². The van der Waals surface area contributed by atoms with Crippen LogP contribution in [-0.2, 0) is 4.79 Å². The van der Waals surface area contributed by atoms with Crippen molar-refractivity contribution >= 4 is 17.5 Å². The van der Waals surface area contributed by atoms with Crippen molar-refractivity contribution in [1.82, 2.24) is 4.98 Å². The molecule has 1 aromatic rings. The number of carboxylic acid groups (broad SMARTS) is 1. The van der Waals surface area contributed by atoms with Crippen LogP contribution in [0.3, 0.4) is 0 Å². The fourth-order valence-electron chi connectivity index (χ4n) is 2.75. The Morgan fingerprint density at radius 2 is 2.39 bits per heavy atom. The Kier molecular flexibility index (Phi) is 2.22. The maximum absolute atomic E-state index is 11.3. The number of nitrogens with zero attached hydrogens (tertiary/aromatic N) is 3. The lowest BCUT2D eigenvalue weighted by molar-refractivity contribution is -0.384. The maximum Gasteiger partial charge on any atom is 0.326 e. The summed E-state index contributed by atoms with van der Waals surface area (Å²) in [5, 5.41) is 20.2. The summed E-state index contributed by atoms with van der Waals surface area (Å²) in [5.74, 6) is -0.307. The van der Waals surface area contributed by atoms with Gasteiger partial charge in [0.15, 0.2) is 0 Å². The molecule has 0 bridgehead atoms. The van der Waals surface area contributed by atoms with Crippen molar-refractivity contribution in [3.63, 3.8) is 0 Å². The van der Waals surface area contributed by atoms with Gasteiger partial charge in [-0.15, -0.1) is 0 Å². The summed E-state index contributed by atoms with van der Waals surface area (Å²) in [6, 6.07) is 2.16. The summed E-state index contributed by atoms with van der Waals surface area (Å²) in [7, 11) is 0. The van der Waals surface area contributed by atoms with Crippen molar-refractivity contribution in [3.8, 4) is 0 Å². The molecule has 1 saturated heterocycles. The lowest BCUT2D eigenvalue weighted by atomic mass is 10.2. The first-order valence-corrected chi connectivity index (χ1v) is 5.68. The summed E-state index contributed by atoms with van der Waals surface area (Å²) in [5.41, 5.74) is -0.134. The van der Waals surface area contributed by atoms with E-state index in [2.05, 4.69) is 4.98 Å². The Morgan fingerprint density at radius 1 is 1.61 bits per heavy atom. The average molecular weight is 249 g/mol. The van der Waals surface area contributed by atoms with E-state index in [1.165, 1.54) is 18.3 Å². The summed E-state index contributed by atoms with van der Waals surface area (Å²) in [6.45, 7) is 0.541. The normalized spacial score (nSPS) is 28.9. The number of hydrogen-bond acceptors (Lipinski definition) is 5. The van der Waals surface area contributed by atoms with E-state index in [9.17, 15) is 20.0 Å². The fraction of sp³-hybridized carbons (Fsp3) is 0.455. The van der Waals surface area contributed by atoms with E-state index >= 15 is 0 Å². The lowest BCUT2D eigenvalue weighted by Crippen LogP contribution is -2.40. The molecule has 18 heavy (non-hydrogen) atoms. The smallest absolute Gasteiger partial charge is 0.326 e. The monoisotopic (exact) mass is 249 g/mol. The third-order valence-corrected chi connectivity index (χ3v) is 3.64. The number of hydrogen-bond donors (Lipinski definition) is 1. The van der Waals surface area contributed by atoms with Crippen LogP contribution in [0.4, 0.5) is 11.5 Å². The van der Waals surface area contributed by atoms with Crippen LogP contribution in [0.25, 0.3) is 0 Å². The number of aliphatic carboxylic acids is 1. The molecule has 3 rings (SSSR count). The largest absolute Gasteiger partial charge is 0.480 e. The molecular formula is C11H11N3O4. The zero-order chi connectivity index (χ0) is 12.9. The van der Waals surface area contributed by atoms with E-state index in [0.717, 1.165) is 6.42 Å². The predicted molar refractivity (Wildman–Crippen MR) is 61.3 cm³/mol. The second-order valence-electron chi connectivity index (χ2n) is 4.70. The van der Waals surface area contributed by atoms with Gasteiger partial charge < -0.3 is 10.0 Å². The van der Waals surface area contributed by atoms with Gasteiger partial charge >= 0.3 is 11.7 Å². The molecule has 0 spiro atoms. The molecule has 7 nitrogen and oxygen atoms in total. The summed E-state index contributed by atoms with van der Waals surface area (Å²) in [4.78, 5) is 27.2. The number of carbonyl (C=O) groups is 1. The van der Waals surface area contributed by atoms with E-state index in [0.29, 0.717) is 12.5 Å². The molecule has 2 aliphatic rings. The molecule has 1 aliphatic carbocycles. The highest BCUT2D eigenvalue weighted by molar-refractivity contribution is 5.81. The van der Waals surface area contributed by atoms with Crippen molar-refractivity contribution in [3.05, 3.63) is 28.4 Å². The Balaban J connectivity index is 2.00. The van der Waals surface area contributed by atoms with Crippen LogP contribution < -0.4 is 4.90 Å². The first kappa shape index (κ1) is 10.9. The Bertz CT molecular complexity index is 533. The van der Waals surface area contributed by atoms with Gasteiger partial charge in [0.1, 0.15) is 6.04 Å². The minimum Gasteiger partial charge on any atom is -0.480 e. The van der Waals surface area contributed by atoms with Gasteiger partial charge in [-0.05, 0) is 24.3 Å². The molecule has 1 aliphatic heterocycles. The van der Waals surface area contributed by atoms with Crippen LogP contribution in [-0.4, -0.2) is 33.6 Å². The molecule has 0 unspecified atom stereocenters. The molecule has 2 fully saturated rings. The topological polar surface area (TPSA) is 96.6 Å². The third kappa shape index (κ3) is 1.51. The zero-order valence-electron chi connectivity index (χ0n) is 9.39. The van der Waals surface area contributed by atoms with Gasteiger partial charge in [0.2, 0.25) is 5.82 Å². The van der Waals surface area contributed by atoms with Gasteiger partial charge in [0, 0.05) is 18.8 Å². The second kappa shape index (κ2) is 3.66. The van der Waals surface area contributed by atoms with Crippen LogP contribution in [0.15, 0.2) is 18.3 Å². The Morgan fingerprint density at radius 3 is 3.06 bits per heavy atom. The fourth-order valence-corrected chi connectivity index (χ4v) is 2.75. The molecule has 3 atom stereocenters. The second-order valence-corrected chi connectivity index (χ2v) is 4.70. The van der Waals surface area contributed by atoms with Crippen molar-refractivity contribution in [2.75, 3.05) is 11.4 Å². The molecule has 1 aromatic heterocycles. The molecule has 94 valence electrons. The van der Waals surface area contributed by atoms with Gasteiger partial charge in [0.05, 0.1) is 4.92 Å². The number of pyridine rings is 1. The highest BCUT2D eigenvalue weighted by Gasteiger charge is 2.57. The number of carboxylic acids is 1. The SMILES string of the molecule is O=C(O)[C@H]1[C@H]2C[C@H]2CN1c1ncccc1[N+](=O)[O-]. The van der Waals surface area contributed by atoms with Gasteiger partial charge in [-0.25, -0.2) is 9.78 Å². The van der Waals surface area contributed by atoms with Crippen LogP contribution in [0.5, 0.6) is 0 Å². The van der Waals surface area contributed by atoms with E-state index in [1.807, 2.05) is 0 Å². The van der Waals surface area contributed by atoms with Gasteiger partial charge in [-0.1, -0.05) is 0 Å².